The standard InChI is InChI=1S/C12H20N2O2S/c1-12(2,3)13-4-11-14-9(8-17-11)5-16-10-6-15-7-10/h8,10,13H,4-7H2,1-3H3. The minimum Gasteiger partial charge on any atom is -0.376 e. The van der Waals surface area contributed by atoms with Gasteiger partial charge in [0, 0.05) is 17.5 Å². The number of nitrogens with one attached hydrogen (secondary N) is 1. The average Bonchev–Trinajstić information content (AvgIpc) is 2.59. The summed E-state index contributed by atoms with van der Waals surface area (Å²) in [4.78, 5) is 4.53. The van der Waals surface area contributed by atoms with Crippen LogP contribution in [0.5, 0.6) is 0 Å². The number of ether oxygens (including phenoxy) is 2. The number of hydrogen-bond acceptors (Lipinski definition) is 5. The van der Waals surface area contributed by atoms with Crippen LogP contribution in [0.25, 0.3) is 0 Å². The first-order valence-electron chi connectivity index (χ1n) is 5.90. The topological polar surface area (TPSA) is 43.4 Å². The lowest BCUT2D eigenvalue weighted by atomic mass is 10.1. The third-order valence-corrected chi connectivity index (χ3v) is 3.34. The third kappa shape index (κ3) is 4.35. The fourth-order valence-corrected chi connectivity index (χ4v) is 2.07. The number of aromatic nitrogens is 1. The predicted molar refractivity (Wildman–Crippen MR) is 68.1 cm³/mol. The lowest BCUT2D eigenvalue weighted by Crippen LogP contribution is -2.36. The Bertz CT molecular complexity index is 356. The first-order chi connectivity index (χ1) is 8.03. The van der Waals surface area contributed by atoms with Crippen LogP contribution in [-0.4, -0.2) is 29.8 Å². The van der Waals surface area contributed by atoms with Crippen molar-refractivity contribution in [3.05, 3.63) is 16.1 Å². The van der Waals surface area contributed by atoms with Gasteiger partial charge in [0.2, 0.25) is 0 Å². The van der Waals surface area contributed by atoms with E-state index >= 15 is 0 Å². The zero-order chi connectivity index (χ0) is 12.3. The van der Waals surface area contributed by atoms with E-state index in [0.29, 0.717) is 6.61 Å². The summed E-state index contributed by atoms with van der Waals surface area (Å²) in [5, 5.41) is 6.61. The molecular weight excluding hydrogens is 236 g/mol. The summed E-state index contributed by atoms with van der Waals surface area (Å²) in [7, 11) is 0. The van der Waals surface area contributed by atoms with Crippen molar-refractivity contribution < 1.29 is 9.47 Å². The molecule has 1 aromatic heterocycles. The van der Waals surface area contributed by atoms with Crippen LogP contribution in [0.3, 0.4) is 0 Å². The van der Waals surface area contributed by atoms with Gasteiger partial charge in [0.05, 0.1) is 25.5 Å². The Morgan fingerprint density at radius 2 is 2.29 bits per heavy atom. The van der Waals surface area contributed by atoms with E-state index in [-0.39, 0.29) is 11.6 Å². The van der Waals surface area contributed by atoms with Gasteiger partial charge in [0.15, 0.2) is 0 Å². The molecule has 5 heteroatoms. The Labute approximate surface area is 106 Å². The molecule has 0 saturated carbocycles. The molecule has 2 rings (SSSR count). The van der Waals surface area contributed by atoms with Crippen LogP contribution in [0.1, 0.15) is 31.5 Å². The maximum atomic E-state index is 5.62. The van der Waals surface area contributed by atoms with Crippen molar-refractivity contribution in [2.45, 2.75) is 45.6 Å². The fourth-order valence-electron chi connectivity index (χ4n) is 1.35. The molecule has 0 atom stereocenters. The second kappa shape index (κ2) is 5.44. The molecule has 1 N–H and O–H groups in total. The van der Waals surface area contributed by atoms with Crippen molar-refractivity contribution in [2.24, 2.45) is 0 Å². The molecule has 0 aromatic carbocycles. The van der Waals surface area contributed by atoms with Gasteiger partial charge < -0.3 is 14.8 Å². The normalized spacial score (nSPS) is 17.1. The maximum Gasteiger partial charge on any atom is 0.107 e. The highest BCUT2D eigenvalue weighted by atomic mass is 32.1. The molecule has 1 saturated heterocycles. The lowest BCUT2D eigenvalue weighted by Gasteiger charge is -2.25. The third-order valence-electron chi connectivity index (χ3n) is 2.44. The first-order valence-corrected chi connectivity index (χ1v) is 6.78. The van der Waals surface area contributed by atoms with Crippen molar-refractivity contribution >= 4 is 11.3 Å². The van der Waals surface area contributed by atoms with Crippen LogP contribution < -0.4 is 5.32 Å². The zero-order valence-electron chi connectivity index (χ0n) is 10.7. The molecule has 96 valence electrons. The van der Waals surface area contributed by atoms with Crippen LogP contribution in [0.15, 0.2) is 5.38 Å². The Kier molecular flexibility index (Phi) is 4.14. The van der Waals surface area contributed by atoms with Crippen molar-refractivity contribution in [3.63, 3.8) is 0 Å². The van der Waals surface area contributed by atoms with Crippen molar-refractivity contribution in [3.8, 4) is 0 Å². The molecule has 17 heavy (non-hydrogen) atoms. The summed E-state index contributed by atoms with van der Waals surface area (Å²) in [6.07, 6.45) is 0.271. The quantitative estimate of drug-likeness (QED) is 0.874. The van der Waals surface area contributed by atoms with Gasteiger partial charge in [-0.3, -0.25) is 0 Å². The maximum absolute atomic E-state index is 5.62. The molecule has 0 bridgehead atoms. The summed E-state index contributed by atoms with van der Waals surface area (Å²) in [6.45, 7) is 9.33. The molecule has 4 nitrogen and oxygen atoms in total. The van der Waals surface area contributed by atoms with Crippen LogP contribution in [0.2, 0.25) is 0 Å². The summed E-state index contributed by atoms with van der Waals surface area (Å²) < 4.78 is 10.7. The Balaban J connectivity index is 1.74. The average molecular weight is 256 g/mol. The number of nitrogens with zero attached hydrogens (tertiary/aromatic N) is 1. The molecule has 1 aliphatic heterocycles. The highest BCUT2D eigenvalue weighted by molar-refractivity contribution is 7.09. The molecule has 0 unspecified atom stereocenters. The minimum absolute atomic E-state index is 0.131. The van der Waals surface area contributed by atoms with Gasteiger partial charge in [0.25, 0.3) is 0 Å². The predicted octanol–water partition coefficient (Wildman–Crippen LogP) is 1.95. The Morgan fingerprint density at radius 3 is 2.88 bits per heavy atom. The highest BCUT2D eigenvalue weighted by Gasteiger charge is 2.19. The summed E-state index contributed by atoms with van der Waals surface area (Å²) in [5.41, 5.74) is 1.15. The largest absolute Gasteiger partial charge is 0.376 e. The smallest absolute Gasteiger partial charge is 0.107 e. The molecule has 0 aliphatic carbocycles. The molecule has 1 aliphatic rings. The second-order valence-electron chi connectivity index (χ2n) is 5.31. The van der Waals surface area contributed by atoms with Crippen molar-refractivity contribution in [2.75, 3.05) is 13.2 Å². The molecule has 2 heterocycles. The number of rotatable bonds is 5. The lowest BCUT2D eigenvalue weighted by molar-refractivity contribution is -0.135. The minimum atomic E-state index is 0.131. The summed E-state index contributed by atoms with van der Waals surface area (Å²) in [5.74, 6) is 0. The van der Waals surface area contributed by atoms with Crippen molar-refractivity contribution in [1.82, 2.24) is 10.3 Å². The molecule has 1 aromatic rings. The molecular formula is C12H20N2O2S. The first kappa shape index (κ1) is 13.0. The molecule has 0 amide bonds. The van der Waals surface area contributed by atoms with Gasteiger partial charge in [-0.25, -0.2) is 4.98 Å². The summed E-state index contributed by atoms with van der Waals surface area (Å²) >= 11 is 1.68. The van der Waals surface area contributed by atoms with Gasteiger partial charge in [0.1, 0.15) is 11.1 Å². The molecule has 0 radical (unpaired) electrons. The van der Waals surface area contributed by atoms with Gasteiger partial charge >= 0.3 is 0 Å². The number of hydrogen-bond donors (Lipinski definition) is 1. The fraction of sp³-hybridized carbons (Fsp3) is 0.750. The Morgan fingerprint density at radius 1 is 1.53 bits per heavy atom. The monoisotopic (exact) mass is 256 g/mol. The van der Waals surface area contributed by atoms with Crippen LogP contribution in [0.4, 0.5) is 0 Å². The zero-order valence-corrected chi connectivity index (χ0v) is 11.5. The Hall–Kier alpha value is -0.490. The van der Waals surface area contributed by atoms with Gasteiger partial charge in [-0.2, -0.15) is 0 Å². The van der Waals surface area contributed by atoms with E-state index in [0.717, 1.165) is 30.5 Å². The van der Waals surface area contributed by atoms with E-state index in [1.807, 2.05) is 0 Å². The van der Waals surface area contributed by atoms with E-state index < -0.39 is 0 Å². The SMILES string of the molecule is CC(C)(C)NCc1nc(COC2COC2)cs1. The molecule has 1 fully saturated rings. The van der Waals surface area contributed by atoms with Crippen LogP contribution in [0, 0.1) is 0 Å². The van der Waals surface area contributed by atoms with E-state index in [2.05, 4.69) is 36.5 Å². The summed E-state index contributed by atoms with van der Waals surface area (Å²) in [6, 6.07) is 0. The van der Waals surface area contributed by atoms with Crippen LogP contribution in [-0.2, 0) is 22.6 Å². The van der Waals surface area contributed by atoms with Gasteiger partial charge in [-0.05, 0) is 20.8 Å². The molecule has 0 spiro atoms. The van der Waals surface area contributed by atoms with E-state index in [1.54, 1.807) is 11.3 Å². The number of thiazole rings is 1. The van der Waals surface area contributed by atoms with E-state index in [9.17, 15) is 0 Å². The van der Waals surface area contributed by atoms with Gasteiger partial charge in [-0.1, -0.05) is 0 Å². The van der Waals surface area contributed by atoms with Gasteiger partial charge in [-0.15, -0.1) is 11.3 Å². The highest BCUT2D eigenvalue weighted by Crippen LogP contribution is 2.14. The van der Waals surface area contributed by atoms with Crippen LogP contribution >= 0.6 is 11.3 Å². The van der Waals surface area contributed by atoms with Crippen molar-refractivity contribution in [1.29, 1.82) is 0 Å². The van der Waals surface area contributed by atoms with E-state index in [1.165, 1.54) is 0 Å². The van der Waals surface area contributed by atoms with E-state index in [4.69, 9.17) is 9.47 Å². The second-order valence-corrected chi connectivity index (χ2v) is 6.25.